The van der Waals surface area contributed by atoms with Gasteiger partial charge in [0.1, 0.15) is 0 Å². The van der Waals surface area contributed by atoms with Gasteiger partial charge < -0.3 is 14.2 Å². The SMILES string of the molecule is CCO[C@@H]1C[C@@]2(CC[C@@]3(O2)C(C)=CC(=O)[C@H]2C(C)(C)CCC[C@@]23C)CO1. The predicted molar refractivity (Wildman–Crippen MR) is 99.8 cm³/mol. The van der Waals surface area contributed by atoms with Gasteiger partial charge >= 0.3 is 0 Å². The van der Waals surface area contributed by atoms with E-state index in [1.807, 2.05) is 13.0 Å². The van der Waals surface area contributed by atoms with E-state index in [4.69, 9.17) is 14.2 Å². The van der Waals surface area contributed by atoms with Crippen molar-refractivity contribution in [1.29, 1.82) is 0 Å². The summed E-state index contributed by atoms with van der Waals surface area (Å²) in [6.07, 6.45) is 7.84. The molecule has 4 nitrogen and oxygen atoms in total. The Bertz CT molecular complexity index is 638. The molecule has 0 aromatic carbocycles. The minimum absolute atomic E-state index is 0.0213. The second-order valence-corrected chi connectivity index (χ2v) is 9.93. The van der Waals surface area contributed by atoms with Crippen LogP contribution in [0, 0.1) is 16.7 Å². The highest BCUT2D eigenvalue weighted by Gasteiger charge is 2.68. The van der Waals surface area contributed by atoms with Crippen molar-refractivity contribution >= 4 is 5.78 Å². The van der Waals surface area contributed by atoms with Crippen molar-refractivity contribution < 1.29 is 19.0 Å². The molecule has 146 valence electrons. The van der Waals surface area contributed by atoms with Crippen LogP contribution < -0.4 is 0 Å². The predicted octanol–water partition coefficient (Wildman–Crippen LogP) is 4.42. The first kappa shape index (κ1) is 18.6. The molecule has 0 amide bonds. The van der Waals surface area contributed by atoms with Gasteiger partial charge in [0.2, 0.25) is 0 Å². The summed E-state index contributed by atoms with van der Waals surface area (Å²) in [5, 5.41) is 0. The summed E-state index contributed by atoms with van der Waals surface area (Å²) in [5.74, 6) is 0.340. The Hall–Kier alpha value is -0.710. The van der Waals surface area contributed by atoms with Crippen LogP contribution in [0.4, 0.5) is 0 Å². The monoisotopic (exact) mass is 362 g/mol. The van der Waals surface area contributed by atoms with Gasteiger partial charge in [0.05, 0.1) is 17.8 Å². The van der Waals surface area contributed by atoms with Crippen LogP contribution in [-0.2, 0) is 19.0 Å². The summed E-state index contributed by atoms with van der Waals surface area (Å²) in [4.78, 5) is 13.1. The average molecular weight is 363 g/mol. The quantitative estimate of drug-likeness (QED) is 0.729. The van der Waals surface area contributed by atoms with E-state index in [-0.39, 0.29) is 34.2 Å². The molecule has 5 atom stereocenters. The van der Waals surface area contributed by atoms with E-state index in [1.54, 1.807) is 0 Å². The second kappa shape index (κ2) is 5.89. The third-order valence-electron chi connectivity index (χ3n) is 7.89. The van der Waals surface area contributed by atoms with Crippen LogP contribution in [0.1, 0.15) is 73.1 Å². The summed E-state index contributed by atoms with van der Waals surface area (Å²) >= 11 is 0. The van der Waals surface area contributed by atoms with Crippen LogP contribution >= 0.6 is 0 Å². The molecule has 0 radical (unpaired) electrons. The molecule has 4 heteroatoms. The molecule has 1 saturated carbocycles. The number of carbonyl (C=O) groups is 1. The van der Waals surface area contributed by atoms with Crippen molar-refractivity contribution in [2.24, 2.45) is 16.7 Å². The molecule has 2 saturated heterocycles. The summed E-state index contributed by atoms with van der Waals surface area (Å²) in [6.45, 7) is 12.2. The fourth-order valence-corrected chi connectivity index (χ4v) is 6.82. The molecule has 0 bridgehead atoms. The summed E-state index contributed by atoms with van der Waals surface area (Å²) in [5.41, 5.74) is 0.402. The van der Waals surface area contributed by atoms with Crippen molar-refractivity contribution in [1.82, 2.24) is 0 Å². The fraction of sp³-hybridized carbons (Fsp3) is 0.864. The van der Waals surface area contributed by atoms with Gasteiger partial charge in [0, 0.05) is 24.4 Å². The maximum atomic E-state index is 13.1. The second-order valence-electron chi connectivity index (χ2n) is 9.93. The molecule has 0 unspecified atom stereocenters. The smallest absolute Gasteiger partial charge is 0.160 e. The lowest BCUT2D eigenvalue weighted by Crippen LogP contribution is -2.62. The van der Waals surface area contributed by atoms with E-state index in [0.29, 0.717) is 19.0 Å². The van der Waals surface area contributed by atoms with Crippen molar-refractivity contribution in [3.05, 3.63) is 11.6 Å². The van der Waals surface area contributed by atoms with Crippen LogP contribution in [-0.4, -0.2) is 36.5 Å². The topological polar surface area (TPSA) is 44.8 Å². The van der Waals surface area contributed by atoms with Crippen LogP contribution in [0.15, 0.2) is 11.6 Å². The number of allylic oxidation sites excluding steroid dienone is 1. The van der Waals surface area contributed by atoms with E-state index in [2.05, 4.69) is 27.7 Å². The lowest BCUT2D eigenvalue weighted by molar-refractivity contribution is -0.193. The first-order chi connectivity index (χ1) is 12.2. The third-order valence-corrected chi connectivity index (χ3v) is 7.89. The van der Waals surface area contributed by atoms with E-state index in [0.717, 1.165) is 44.1 Å². The molecule has 2 aliphatic heterocycles. The van der Waals surface area contributed by atoms with Gasteiger partial charge in [-0.3, -0.25) is 4.79 Å². The largest absolute Gasteiger partial charge is 0.361 e. The van der Waals surface area contributed by atoms with Crippen molar-refractivity contribution in [3.8, 4) is 0 Å². The Morgan fingerprint density at radius 1 is 1.19 bits per heavy atom. The first-order valence-electron chi connectivity index (χ1n) is 10.3. The van der Waals surface area contributed by atoms with E-state index >= 15 is 0 Å². The molecular formula is C22H34O4. The standard InChI is InChI=1S/C22H34O4/c1-6-24-17-13-21(14-25-17)10-11-22(26-21)15(2)12-16(23)18-19(3,4)8-7-9-20(18,22)5/h12,17-18H,6-11,13-14H2,1-5H3/t17-,18-,20-,21-,22+/m0/s1. The van der Waals surface area contributed by atoms with Crippen LogP contribution in [0.25, 0.3) is 0 Å². The molecule has 4 rings (SSSR count). The number of ketones is 1. The lowest BCUT2D eigenvalue weighted by Gasteiger charge is -2.60. The van der Waals surface area contributed by atoms with Crippen LogP contribution in [0.3, 0.4) is 0 Å². The lowest BCUT2D eigenvalue weighted by atomic mass is 9.46. The average Bonchev–Trinajstić information content (AvgIpc) is 3.11. The zero-order valence-corrected chi connectivity index (χ0v) is 17.0. The number of ether oxygens (including phenoxy) is 3. The van der Waals surface area contributed by atoms with Crippen molar-refractivity contribution in [2.45, 2.75) is 90.6 Å². The van der Waals surface area contributed by atoms with Gasteiger partial charge in [0.25, 0.3) is 0 Å². The molecule has 0 N–H and O–H groups in total. The molecule has 26 heavy (non-hydrogen) atoms. The van der Waals surface area contributed by atoms with E-state index < -0.39 is 0 Å². The van der Waals surface area contributed by atoms with Gasteiger partial charge in [-0.05, 0) is 56.6 Å². The molecule has 3 fully saturated rings. The van der Waals surface area contributed by atoms with Gasteiger partial charge in [-0.15, -0.1) is 0 Å². The molecule has 0 aromatic heterocycles. The Morgan fingerprint density at radius 2 is 1.96 bits per heavy atom. The molecule has 0 aromatic rings. The normalized spacial score (nSPS) is 47.4. The minimum Gasteiger partial charge on any atom is -0.361 e. The minimum atomic E-state index is -0.340. The molecular weight excluding hydrogens is 328 g/mol. The van der Waals surface area contributed by atoms with Crippen molar-refractivity contribution in [2.75, 3.05) is 13.2 Å². The van der Waals surface area contributed by atoms with E-state index in [9.17, 15) is 4.79 Å². The highest BCUT2D eigenvalue weighted by Crippen LogP contribution is 2.66. The Kier molecular flexibility index (Phi) is 4.22. The Labute approximate surface area is 157 Å². The summed E-state index contributed by atoms with van der Waals surface area (Å²) in [6, 6.07) is 0. The number of carbonyl (C=O) groups excluding carboxylic acids is 1. The van der Waals surface area contributed by atoms with Crippen LogP contribution in [0.2, 0.25) is 0 Å². The summed E-state index contributed by atoms with van der Waals surface area (Å²) in [7, 11) is 0. The number of hydrogen-bond acceptors (Lipinski definition) is 4. The van der Waals surface area contributed by atoms with Gasteiger partial charge in [-0.25, -0.2) is 0 Å². The zero-order chi connectivity index (χ0) is 18.8. The number of fused-ring (bicyclic) bond motifs is 2. The molecule has 2 aliphatic carbocycles. The Balaban J connectivity index is 1.71. The summed E-state index contributed by atoms with van der Waals surface area (Å²) < 4.78 is 18.6. The maximum absolute atomic E-state index is 13.1. The number of hydrogen-bond donors (Lipinski definition) is 0. The molecule has 2 heterocycles. The highest BCUT2D eigenvalue weighted by molar-refractivity contribution is 5.95. The van der Waals surface area contributed by atoms with Gasteiger partial charge in [0.15, 0.2) is 12.1 Å². The van der Waals surface area contributed by atoms with E-state index in [1.165, 1.54) is 0 Å². The van der Waals surface area contributed by atoms with Crippen LogP contribution in [0.5, 0.6) is 0 Å². The zero-order valence-electron chi connectivity index (χ0n) is 17.0. The Morgan fingerprint density at radius 3 is 2.69 bits per heavy atom. The van der Waals surface area contributed by atoms with Gasteiger partial charge in [-0.1, -0.05) is 27.2 Å². The first-order valence-corrected chi connectivity index (χ1v) is 10.3. The van der Waals surface area contributed by atoms with Gasteiger partial charge in [-0.2, -0.15) is 0 Å². The highest BCUT2D eigenvalue weighted by atomic mass is 16.7. The molecule has 2 spiro atoms. The fourth-order valence-electron chi connectivity index (χ4n) is 6.82. The number of rotatable bonds is 2. The van der Waals surface area contributed by atoms with Crippen molar-refractivity contribution in [3.63, 3.8) is 0 Å². The molecule has 4 aliphatic rings. The third kappa shape index (κ3) is 2.41. The maximum Gasteiger partial charge on any atom is 0.160 e.